The number of fused-ring (bicyclic) bond motifs is 9. The van der Waals surface area contributed by atoms with Crippen LogP contribution in [-0.2, 0) is 0 Å². The fourth-order valence-electron chi connectivity index (χ4n) is 8.25. The normalized spacial score (nSPS) is 11.6. The van der Waals surface area contributed by atoms with Crippen molar-refractivity contribution in [2.24, 2.45) is 0 Å². The molecule has 0 aliphatic carbocycles. The highest BCUT2D eigenvalue weighted by Crippen LogP contribution is 2.50. The molecule has 55 heavy (non-hydrogen) atoms. The second kappa shape index (κ2) is 13.1. The van der Waals surface area contributed by atoms with Gasteiger partial charge < -0.3 is 4.90 Å². The lowest BCUT2D eigenvalue weighted by Gasteiger charge is -2.27. The second-order valence-electron chi connectivity index (χ2n) is 14.1. The first-order valence-corrected chi connectivity index (χ1v) is 20.3. The highest BCUT2D eigenvalue weighted by molar-refractivity contribution is 7.30. The summed E-state index contributed by atoms with van der Waals surface area (Å²) in [5.74, 6) is 0. The largest absolute Gasteiger partial charge is 0.310 e. The maximum Gasteiger partial charge on any atom is 0.0555 e. The van der Waals surface area contributed by atoms with Gasteiger partial charge in [0, 0.05) is 51.7 Å². The van der Waals surface area contributed by atoms with Gasteiger partial charge in [0.05, 0.1) is 5.69 Å². The van der Waals surface area contributed by atoms with Crippen molar-refractivity contribution in [2.45, 2.75) is 0 Å². The van der Waals surface area contributed by atoms with Crippen LogP contribution in [0.2, 0.25) is 0 Å². The van der Waals surface area contributed by atoms with E-state index in [1.165, 1.54) is 90.2 Å². The fourth-order valence-corrected chi connectivity index (χ4v) is 10.7. The molecular weight excluding hydrogens is 703 g/mol. The maximum absolute atomic E-state index is 2.45. The summed E-state index contributed by atoms with van der Waals surface area (Å²) in [6, 6.07) is 73.1. The predicted octanol–water partition coefficient (Wildman–Crippen LogP) is 16.0. The minimum absolute atomic E-state index is 1.12. The smallest absolute Gasteiger partial charge is 0.0555 e. The summed E-state index contributed by atoms with van der Waals surface area (Å²) in [6.45, 7) is 0. The van der Waals surface area contributed by atoms with Gasteiger partial charge in [-0.1, -0.05) is 146 Å². The number of thiophene rings is 2. The Balaban J connectivity index is 1.11. The molecule has 0 aliphatic heterocycles. The Hall–Kier alpha value is -6.52. The van der Waals surface area contributed by atoms with Crippen LogP contribution in [-0.4, -0.2) is 0 Å². The van der Waals surface area contributed by atoms with E-state index in [-0.39, 0.29) is 0 Å². The number of hydrogen-bond donors (Lipinski definition) is 0. The molecule has 0 bridgehead atoms. The summed E-state index contributed by atoms with van der Waals surface area (Å²) in [7, 11) is 0. The van der Waals surface area contributed by atoms with Crippen LogP contribution in [0.4, 0.5) is 17.1 Å². The molecule has 3 heteroatoms. The van der Waals surface area contributed by atoms with Gasteiger partial charge in [0.2, 0.25) is 0 Å². The predicted molar refractivity (Wildman–Crippen MR) is 241 cm³/mol. The van der Waals surface area contributed by atoms with E-state index in [1.807, 2.05) is 22.7 Å². The van der Waals surface area contributed by atoms with Crippen molar-refractivity contribution >= 4 is 90.9 Å². The summed E-state index contributed by atoms with van der Waals surface area (Å²) in [6.07, 6.45) is 0. The SMILES string of the molecule is c1ccc(-c2ccc(N(c3ccc(-c4cccc(-c5ccccc5)c4)cc3)c3cccc4sc5ccc6c(sc7ccc8ccccc8c76)c5c34)cc2)cc1. The topological polar surface area (TPSA) is 3.24 Å². The first-order valence-electron chi connectivity index (χ1n) is 18.7. The molecule has 11 aromatic rings. The van der Waals surface area contributed by atoms with Gasteiger partial charge in [-0.25, -0.2) is 0 Å². The highest BCUT2D eigenvalue weighted by Gasteiger charge is 2.22. The molecule has 0 spiro atoms. The van der Waals surface area contributed by atoms with E-state index < -0.39 is 0 Å². The Morgan fingerprint density at radius 3 is 1.55 bits per heavy atom. The van der Waals surface area contributed by atoms with E-state index in [0.29, 0.717) is 0 Å². The molecule has 0 radical (unpaired) electrons. The third-order valence-corrected chi connectivity index (χ3v) is 13.2. The molecule has 0 aliphatic rings. The standard InChI is InChI=1S/C52H33NS2/c1-3-11-34(12-4-1)36-21-26-41(27-22-36)53(42-28-23-37(24-29-42)40-17-9-16-39(33-40)35-13-5-2-6-14-35)45-19-10-20-46-50(45)51-48(54-46)32-30-44-49-43-18-8-7-15-38(43)25-31-47(49)55-52(44)51/h1-33H. The number of hydrogen-bond acceptors (Lipinski definition) is 3. The average molecular weight is 736 g/mol. The molecule has 1 nitrogen and oxygen atoms in total. The molecular formula is C52H33NS2. The van der Waals surface area contributed by atoms with Crippen LogP contribution < -0.4 is 4.90 Å². The van der Waals surface area contributed by atoms with E-state index in [9.17, 15) is 0 Å². The third-order valence-electron chi connectivity index (χ3n) is 10.9. The Morgan fingerprint density at radius 2 is 0.836 bits per heavy atom. The van der Waals surface area contributed by atoms with Crippen LogP contribution in [0, 0.1) is 0 Å². The summed E-state index contributed by atoms with van der Waals surface area (Å²) in [4.78, 5) is 2.45. The third kappa shape index (κ3) is 5.43. The van der Waals surface area contributed by atoms with Crippen molar-refractivity contribution in [3.8, 4) is 33.4 Å². The molecule has 11 rings (SSSR count). The lowest BCUT2D eigenvalue weighted by Crippen LogP contribution is -2.10. The van der Waals surface area contributed by atoms with Gasteiger partial charge in [0.15, 0.2) is 0 Å². The van der Waals surface area contributed by atoms with Gasteiger partial charge in [-0.2, -0.15) is 0 Å². The lowest BCUT2D eigenvalue weighted by molar-refractivity contribution is 1.30. The lowest BCUT2D eigenvalue weighted by atomic mass is 9.98. The number of nitrogens with zero attached hydrogens (tertiary/aromatic N) is 1. The van der Waals surface area contributed by atoms with Crippen molar-refractivity contribution in [2.75, 3.05) is 4.90 Å². The van der Waals surface area contributed by atoms with Gasteiger partial charge in [0.1, 0.15) is 0 Å². The second-order valence-corrected chi connectivity index (χ2v) is 16.2. The maximum atomic E-state index is 2.45. The van der Waals surface area contributed by atoms with Gasteiger partial charge >= 0.3 is 0 Å². The van der Waals surface area contributed by atoms with Crippen LogP contribution in [0.5, 0.6) is 0 Å². The average Bonchev–Trinajstić information content (AvgIpc) is 3.84. The zero-order chi connectivity index (χ0) is 36.3. The van der Waals surface area contributed by atoms with E-state index in [2.05, 4.69) is 205 Å². The van der Waals surface area contributed by atoms with Crippen molar-refractivity contribution < 1.29 is 0 Å². The van der Waals surface area contributed by atoms with Crippen LogP contribution in [0.1, 0.15) is 0 Å². The van der Waals surface area contributed by atoms with Gasteiger partial charge in [-0.3, -0.25) is 0 Å². The Labute approximate surface area is 327 Å². The van der Waals surface area contributed by atoms with Crippen LogP contribution in [0.15, 0.2) is 200 Å². The van der Waals surface area contributed by atoms with Crippen molar-refractivity contribution in [3.05, 3.63) is 200 Å². The zero-order valence-electron chi connectivity index (χ0n) is 29.8. The summed E-state index contributed by atoms with van der Waals surface area (Å²) in [5, 5.41) is 7.94. The van der Waals surface area contributed by atoms with Crippen LogP contribution in [0.3, 0.4) is 0 Å². The van der Waals surface area contributed by atoms with E-state index in [0.717, 1.165) is 11.4 Å². The zero-order valence-corrected chi connectivity index (χ0v) is 31.4. The summed E-state index contributed by atoms with van der Waals surface area (Å²) < 4.78 is 5.30. The Morgan fingerprint density at radius 1 is 0.309 bits per heavy atom. The van der Waals surface area contributed by atoms with Crippen LogP contribution >= 0.6 is 22.7 Å². The Bertz CT molecular complexity index is 3180. The minimum atomic E-state index is 1.12. The van der Waals surface area contributed by atoms with Crippen molar-refractivity contribution in [1.82, 2.24) is 0 Å². The molecule has 258 valence electrons. The quantitative estimate of drug-likeness (QED) is 0.164. The van der Waals surface area contributed by atoms with Gasteiger partial charge in [-0.05, 0) is 98.8 Å². The molecule has 9 aromatic carbocycles. The van der Waals surface area contributed by atoms with Crippen molar-refractivity contribution in [3.63, 3.8) is 0 Å². The molecule has 2 heterocycles. The summed E-state index contributed by atoms with van der Waals surface area (Å²) in [5.41, 5.74) is 10.7. The van der Waals surface area contributed by atoms with Gasteiger partial charge in [0.25, 0.3) is 0 Å². The molecule has 0 saturated carbocycles. The Kier molecular flexibility index (Phi) is 7.61. The van der Waals surface area contributed by atoms with E-state index in [1.54, 1.807) is 0 Å². The molecule has 0 fully saturated rings. The number of anilines is 3. The van der Waals surface area contributed by atoms with Gasteiger partial charge in [-0.15, -0.1) is 22.7 Å². The van der Waals surface area contributed by atoms with Crippen molar-refractivity contribution in [1.29, 1.82) is 0 Å². The molecule has 0 N–H and O–H groups in total. The molecule has 0 saturated heterocycles. The first-order chi connectivity index (χ1) is 27.3. The fraction of sp³-hybridized carbons (Fsp3) is 0. The molecule has 0 amide bonds. The van der Waals surface area contributed by atoms with E-state index in [4.69, 9.17) is 0 Å². The minimum Gasteiger partial charge on any atom is -0.310 e. The summed E-state index contributed by atoms with van der Waals surface area (Å²) >= 11 is 3.82. The molecule has 2 aromatic heterocycles. The monoisotopic (exact) mass is 735 g/mol. The first kappa shape index (κ1) is 32.0. The van der Waals surface area contributed by atoms with E-state index >= 15 is 0 Å². The molecule has 0 unspecified atom stereocenters. The molecule has 0 atom stereocenters. The van der Waals surface area contributed by atoms with Crippen LogP contribution in [0.25, 0.3) is 84.5 Å². The number of rotatable bonds is 6. The highest BCUT2D eigenvalue weighted by atomic mass is 32.1. The number of benzene rings is 9.